The normalized spacial score (nSPS) is 12.0. The van der Waals surface area contributed by atoms with Crippen molar-refractivity contribution in [3.8, 4) is 28.5 Å². The summed E-state index contributed by atoms with van der Waals surface area (Å²) in [4.78, 5) is 18.5. The number of methoxy groups -OCH3 is 2. The maximum Gasteiger partial charge on any atom is 0.407 e. The van der Waals surface area contributed by atoms with Gasteiger partial charge in [0.25, 0.3) is 0 Å². The van der Waals surface area contributed by atoms with Gasteiger partial charge in [-0.1, -0.05) is 53.5 Å². The zero-order chi connectivity index (χ0) is 36.4. The summed E-state index contributed by atoms with van der Waals surface area (Å²) in [6, 6.07) is 19.9. The van der Waals surface area contributed by atoms with Crippen molar-refractivity contribution in [1.29, 1.82) is 0 Å². The second-order valence-electron chi connectivity index (χ2n) is 13.4. The van der Waals surface area contributed by atoms with E-state index >= 15 is 0 Å². The van der Waals surface area contributed by atoms with Crippen LogP contribution >= 0.6 is 23.2 Å². The first kappa shape index (κ1) is 38.8. The highest BCUT2D eigenvalue weighted by atomic mass is 35.5. The summed E-state index contributed by atoms with van der Waals surface area (Å²) in [7, 11) is 3.33. The molecule has 0 aliphatic heterocycles. The van der Waals surface area contributed by atoms with Gasteiger partial charge in [0.2, 0.25) is 5.88 Å². The molecule has 0 radical (unpaired) electrons. The Labute approximate surface area is 306 Å². The quantitative estimate of drug-likeness (QED) is 0.115. The van der Waals surface area contributed by atoms with Crippen LogP contribution in [0.2, 0.25) is 10.0 Å². The van der Waals surface area contributed by atoms with Gasteiger partial charge in [-0.05, 0) is 112 Å². The number of amides is 1. The molecule has 0 saturated heterocycles. The minimum atomic E-state index is -0.944. The molecule has 1 aromatic heterocycles. The summed E-state index contributed by atoms with van der Waals surface area (Å²) in [5.41, 5.74) is 6.87. The van der Waals surface area contributed by atoms with Crippen LogP contribution in [0.4, 0.5) is 4.79 Å². The predicted octanol–water partition coefficient (Wildman–Crippen LogP) is 9.82. The Morgan fingerprint density at radius 1 is 0.920 bits per heavy atom. The summed E-state index contributed by atoms with van der Waals surface area (Å²) in [5.74, 6) is 1.62. The SMILES string of the molecule is COCCCc1cc(OC)ncc1-c1ccc(C(Cc2ccc(OCCOc3c(Cl)cc(C)cc3Cl)cc2)CN(C(=O)O)C(C)(C)C)c(C)c1. The van der Waals surface area contributed by atoms with E-state index in [0.29, 0.717) is 53.6 Å². The molecule has 0 aliphatic rings. The first-order valence-corrected chi connectivity index (χ1v) is 17.5. The number of carboxylic acid groups (broad SMARTS) is 1. The third-order valence-corrected chi connectivity index (χ3v) is 9.14. The number of ether oxygens (including phenoxy) is 4. The van der Waals surface area contributed by atoms with Crippen LogP contribution in [0.25, 0.3) is 11.1 Å². The van der Waals surface area contributed by atoms with E-state index in [0.717, 1.165) is 51.8 Å². The van der Waals surface area contributed by atoms with Crippen LogP contribution in [0.1, 0.15) is 60.9 Å². The molecule has 4 rings (SSSR count). The monoisotopic (exact) mass is 722 g/mol. The molecule has 1 atom stereocenters. The van der Waals surface area contributed by atoms with E-state index in [1.807, 2.05) is 76.4 Å². The minimum Gasteiger partial charge on any atom is -0.490 e. The van der Waals surface area contributed by atoms with Gasteiger partial charge in [0.15, 0.2) is 5.75 Å². The Morgan fingerprint density at radius 2 is 1.60 bits per heavy atom. The second kappa shape index (κ2) is 17.8. The first-order chi connectivity index (χ1) is 23.8. The van der Waals surface area contributed by atoms with E-state index in [1.165, 1.54) is 4.90 Å². The van der Waals surface area contributed by atoms with Gasteiger partial charge in [0.05, 0.1) is 17.2 Å². The Bertz CT molecular complexity index is 1720. The smallest absolute Gasteiger partial charge is 0.407 e. The molecule has 10 heteroatoms. The molecule has 0 saturated carbocycles. The van der Waals surface area contributed by atoms with Crippen molar-refractivity contribution >= 4 is 29.3 Å². The maximum atomic E-state index is 12.5. The average Bonchev–Trinajstić information content (AvgIpc) is 3.06. The lowest BCUT2D eigenvalue weighted by Gasteiger charge is -2.36. The van der Waals surface area contributed by atoms with Crippen LogP contribution < -0.4 is 14.2 Å². The highest BCUT2D eigenvalue weighted by Crippen LogP contribution is 2.35. The number of halogens is 2. The van der Waals surface area contributed by atoms with Gasteiger partial charge in [-0.15, -0.1) is 0 Å². The molecule has 0 aliphatic carbocycles. The van der Waals surface area contributed by atoms with Crippen LogP contribution in [0.15, 0.2) is 66.9 Å². The summed E-state index contributed by atoms with van der Waals surface area (Å²) >= 11 is 12.6. The molecule has 1 N–H and O–H groups in total. The van der Waals surface area contributed by atoms with Crippen molar-refractivity contribution in [2.75, 3.05) is 40.6 Å². The minimum absolute atomic E-state index is 0.0984. The van der Waals surface area contributed by atoms with Crippen molar-refractivity contribution in [2.24, 2.45) is 0 Å². The molecule has 4 aromatic rings. The van der Waals surface area contributed by atoms with Crippen LogP contribution in [-0.2, 0) is 17.6 Å². The lowest BCUT2D eigenvalue weighted by atomic mass is 9.86. The van der Waals surface area contributed by atoms with Crippen LogP contribution in [0.3, 0.4) is 0 Å². The summed E-state index contributed by atoms with van der Waals surface area (Å²) in [6.07, 6.45) is 3.26. The van der Waals surface area contributed by atoms with Crippen molar-refractivity contribution in [2.45, 2.75) is 65.3 Å². The van der Waals surface area contributed by atoms with Gasteiger partial charge < -0.3 is 29.0 Å². The third-order valence-electron chi connectivity index (χ3n) is 8.58. The van der Waals surface area contributed by atoms with Gasteiger partial charge in [-0.3, -0.25) is 0 Å². The highest BCUT2D eigenvalue weighted by molar-refractivity contribution is 6.37. The van der Waals surface area contributed by atoms with Gasteiger partial charge in [0, 0.05) is 49.5 Å². The van der Waals surface area contributed by atoms with Gasteiger partial charge in [0.1, 0.15) is 19.0 Å². The van der Waals surface area contributed by atoms with Crippen molar-refractivity contribution in [3.05, 3.63) is 105 Å². The average molecular weight is 724 g/mol. The number of pyridine rings is 1. The lowest BCUT2D eigenvalue weighted by molar-refractivity contribution is 0.0956. The fraction of sp³-hybridized carbons (Fsp3) is 0.400. The van der Waals surface area contributed by atoms with Gasteiger partial charge in [-0.2, -0.15) is 0 Å². The number of rotatable bonds is 16. The fourth-order valence-electron chi connectivity index (χ4n) is 6.03. The first-order valence-electron chi connectivity index (χ1n) is 16.7. The third kappa shape index (κ3) is 10.5. The summed E-state index contributed by atoms with van der Waals surface area (Å²) < 4.78 is 22.4. The molecule has 1 heterocycles. The molecule has 50 heavy (non-hydrogen) atoms. The van der Waals surface area contributed by atoms with E-state index in [1.54, 1.807) is 14.2 Å². The number of nitrogens with zero attached hydrogens (tertiary/aromatic N) is 2. The van der Waals surface area contributed by atoms with E-state index in [4.69, 9.17) is 42.1 Å². The Kier molecular flexibility index (Phi) is 13.8. The van der Waals surface area contributed by atoms with Crippen molar-refractivity contribution < 1.29 is 28.8 Å². The maximum absolute atomic E-state index is 12.5. The van der Waals surface area contributed by atoms with E-state index in [-0.39, 0.29) is 12.5 Å². The molecular formula is C40H48Cl2N2O6. The molecule has 1 amide bonds. The van der Waals surface area contributed by atoms with Gasteiger partial charge >= 0.3 is 6.09 Å². The zero-order valence-electron chi connectivity index (χ0n) is 30.0. The summed E-state index contributed by atoms with van der Waals surface area (Å²) in [5, 5.41) is 11.1. The predicted molar refractivity (Wildman–Crippen MR) is 201 cm³/mol. The molecule has 3 aromatic carbocycles. The van der Waals surface area contributed by atoms with Crippen molar-refractivity contribution in [3.63, 3.8) is 0 Å². The van der Waals surface area contributed by atoms with Gasteiger partial charge in [-0.25, -0.2) is 9.78 Å². The fourth-order valence-corrected chi connectivity index (χ4v) is 6.73. The Hall–Kier alpha value is -3.98. The second-order valence-corrected chi connectivity index (χ2v) is 14.2. The topological polar surface area (TPSA) is 90.4 Å². The number of hydrogen-bond donors (Lipinski definition) is 1. The number of benzene rings is 3. The largest absolute Gasteiger partial charge is 0.490 e. The van der Waals surface area contributed by atoms with Crippen molar-refractivity contribution in [1.82, 2.24) is 9.88 Å². The number of carbonyl (C=O) groups is 1. The highest BCUT2D eigenvalue weighted by Gasteiger charge is 2.30. The number of aromatic nitrogens is 1. The molecule has 268 valence electrons. The summed E-state index contributed by atoms with van der Waals surface area (Å²) in [6.45, 7) is 11.4. The Morgan fingerprint density at radius 3 is 2.20 bits per heavy atom. The molecule has 0 bridgehead atoms. The van der Waals surface area contributed by atoms with E-state index in [2.05, 4.69) is 30.1 Å². The standard InChI is InChI=1S/C40H48Cl2N2O6/c1-26-19-35(41)38(36(42)20-26)50-18-17-49-32-13-10-28(11-14-32)22-31(25-44(39(45)46)40(3,4)5)33-15-12-30(21-27(33)2)34-24-43-37(48-7)23-29(34)9-8-16-47-6/h10-15,19-21,23-24,31H,8-9,16-18,22,25H2,1-7H3,(H,45,46). The molecular weight excluding hydrogens is 675 g/mol. The van der Waals surface area contributed by atoms with E-state index < -0.39 is 11.6 Å². The van der Waals surface area contributed by atoms with Crippen LogP contribution in [0.5, 0.6) is 17.4 Å². The molecule has 1 unspecified atom stereocenters. The lowest BCUT2D eigenvalue weighted by Crippen LogP contribution is -2.47. The molecule has 8 nitrogen and oxygen atoms in total. The number of hydrogen-bond acceptors (Lipinski definition) is 6. The van der Waals surface area contributed by atoms with Crippen LogP contribution in [-0.4, -0.2) is 67.2 Å². The number of aryl methyl sites for hydroxylation is 3. The Balaban J connectivity index is 1.54. The zero-order valence-corrected chi connectivity index (χ0v) is 31.5. The molecule has 0 fully saturated rings. The van der Waals surface area contributed by atoms with E-state index in [9.17, 15) is 9.90 Å². The molecule has 0 spiro atoms. The van der Waals surface area contributed by atoms with Crippen LogP contribution in [0, 0.1) is 13.8 Å².